The molecule has 4 nitrogen and oxygen atoms in total. The molecule has 2 N–H and O–H groups in total. The maximum atomic E-state index is 9.56. The normalized spacial score (nSPS) is 11.4. The van der Waals surface area contributed by atoms with Crippen molar-refractivity contribution in [2.24, 2.45) is 0 Å². The van der Waals surface area contributed by atoms with E-state index in [0.29, 0.717) is 11.3 Å². The van der Waals surface area contributed by atoms with Crippen LogP contribution in [0.2, 0.25) is 0 Å². The molecule has 0 aliphatic heterocycles. The van der Waals surface area contributed by atoms with Crippen LogP contribution >= 0.6 is 0 Å². The maximum absolute atomic E-state index is 9.56. The van der Waals surface area contributed by atoms with Gasteiger partial charge in [-0.25, -0.2) is 0 Å². The standard InChI is InChI=1S/C19H16N2O2/c1-23-16-8-13(6-14(9-16)12-22)7-15(10-20)18-11-21-19-5-3-2-4-17(18)19/h2-9,11,21-22H,12H2,1H3/b15-7+. The van der Waals surface area contributed by atoms with Crippen molar-refractivity contribution in [2.75, 3.05) is 7.11 Å². The lowest BCUT2D eigenvalue weighted by Gasteiger charge is -2.05. The molecule has 0 amide bonds. The van der Waals surface area contributed by atoms with Gasteiger partial charge in [0.15, 0.2) is 0 Å². The van der Waals surface area contributed by atoms with Gasteiger partial charge in [-0.3, -0.25) is 0 Å². The number of ether oxygens (including phenoxy) is 1. The summed E-state index contributed by atoms with van der Waals surface area (Å²) >= 11 is 0. The Hall–Kier alpha value is -3.03. The summed E-state index contributed by atoms with van der Waals surface area (Å²) in [7, 11) is 1.58. The first-order valence-corrected chi connectivity index (χ1v) is 7.22. The van der Waals surface area contributed by atoms with E-state index in [1.807, 2.05) is 42.6 Å². The molecule has 114 valence electrons. The molecule has 0 bridgehead atoms. The average Bonchev–Trinajstić information content (AvgIpc) is 3.03. The van der Waals surface area contributed by atoms with Gasteiger partial charge in [0.1, 0.15) is 5.75 Å². The molecule has 4 heteroatoms. The van der Waals surface area contributed by atoms with Gasteiger partial charge in [0.05, 0.1) is 25.4 Å². The highest BCUT2D eigenvalue weighted by Crippen LogP contribution is 2.27. The first-order valence-electron chi connectivity index (χ1n) is 7.22. The van der Waals surface area contributed by atoms with Gasteiger partial charge in [0.2, 0.25) is 0 Å². The van der Waals surface area contributed by atoms with Gasteiger partial charge in [-0.2, -0.15) is 5.26 Å². The number of allylic oxidation sites excluding steroid dienone is 1. The number of H-pyrrole nitrogens is 1. The van der Waals surface area contributed by atoms with Crippen molar-refractivity contribution in [3.05, 3.63) is 65.4 Å². The van der Waals surface area contributed by atoms with Gasteiger partial charge in [0.25, 0.3) is 0 Å². The summed E-state index contributed by atoms with van der Waals surface area (Å²) in [6.45, 7) is -0.0764. The van der Waals surface area contributed by atoms with E-state index < -0.39 is 0 Å². The number of aliphatic hydroxyl groups is 1. The Morgan fingerprint density at radius 3 is 2.87 bits per heavy atom. The zero-order valence-corrected chi connectivity index (χ0v) is 12.7. The number of aromatic nitrogens is 1. The zero-order valence-electron chi connectivity index (χ0n) is 12.7. The van der Waals surface area contributed by atoms with Crippen molar-refractivity contribution in [3.63, 3.8) is 0 Å². The first-order chi connectivity index (χ1) is 11.2. The third-order valence-electron chi connectivity index (χ3n) is 3.72. The highest BCUT2D eigenvalue weighted by atomic mass is 16.5. The summed E-state index contributed by atoms with van der Waals surface area (Å²) < 4.78 is 5.24. The van der Waals surface area contributed by atoms with Gasteiger partial charge >= 0.3 is 0 Å². The molecule has 0 unspecified atom stereocenters. The number of nitrogens with zero attached hydrogens (tertiary/aromatic N) is 1. The molecule has 0 aliphatic carbocycles. The number of hydrogen-bond donors (Lipinski definition) is 2. The second-order valence-corrected chi connectivity index (χ2v) is 5.19. The number of hydrogen-bond acceptors (Lipinski definition) is 3. The smallest absolute Gasteiger partial charge is 0.119 e. The van der Waals surface area contributed by atoms with E-state index in [2.05, 4.69) is 11.1 Å². The number of methoxy groups -OCH3 is 1. The highest BCUT2D eigenvalue weighted by molar-refractivity contribution is 6.01. The molecule has 3 rings (SSSR count). The molecule has 1 aromatic heterocycles. The van der Waals surface area contributed by atoms with Crippen molar-refractivity contribution in [3.8, 4) is 11.8 Å². The number of nitriles is 1. The first kappa shape index (κ1) is 14.9. The summed E-state index contributed by atoms with van der Waals surface area (Å²) in [6.07, 6.45) is 3.64. The van der Waals surface area contributed by atoms with Crippen LogP contribution in [0.5, 0.6) is 5.75 Å². The summed E-state index contributed by atoms with van der Waals surface area (Å²) in [6, 6.07) is 15.6. The van der Waals surface area contributed by atoms with Crippen molar-refractivity contribution in [2.45, 2.75) is 6.61 Å². The molecule has 3 aromatic rings. The van der Waals surface area contributed by atoms with Crippen LogP contribution in [0.4, 0.5) is 0 Å². The van der Waals surface area contributed by atoms with E-state index >= 15 is 0 Å². The Labute approximate surface area is 134 Å². The topological polar surface area (TPSA) is 69.0 Å². The largest absolute Gasteiger partial charge is 0.497 e. The molecule has 23 heavy (non-hydrogen) atoms. The van der Waals surface area contributed by atoms with Crippen LogP contribution in [0.15, 0.2) is 48.7 Å². The number of nitrogens with one attached hydrogen (secondary N) is 1. The number of para-hydroxylation sites is 1. The fourth-order valence-electron chi connectivity index (χ4n) is 2.61. The molecule has 0 fully saturated rings. The van der Waals surface area contributed by atoms with Crippen molar-refractivity contribution in [1.82, 2.24) is 4.98 Å². The lowest BCUT2D eigenvalue weighted by molar-refractivity contribution is 0.281. The van der Waals surface area contributed by atoms with Gasteiger partial charge in [-0.15, -0.1) is 0 Å². The second-order valence-electron chi connectivity index (χ2n) is 5.19. The summed E-state index contributed by atoms with van der Waals surface area (Å²) in [4.78, 5) is 3.18. The van der Waals surface area contributed by atoms with Crippen LogP contribution in [0.25, 0.3) is 22.6 Å². The lowest BCUT2D eigenvalue weighted by Crippen LogP contribution is -1.90. The molecule has 1 heterocycles. The molecule has 0 saturated carbocycles. The molecule has 0 saturated heterocycles. The van der Waals surface area contributed by atoms with Crippen LogP contribution < -0.4 is 4.74 Å². The fraction of sp³-hybridized carbons (Fsp3) is 0.105. The molecule has 0 atom stereocenters. The quantitative estimate of drug-likeness (QED) is 0.722. The molecule has 0 spiro atoms. The van der Waals surface area contributed by atoms with Gasteiger partial charge in [0, 0.05) is 22.7 Å². The Balaban J connectivity index is 2.11. The number of fused-ring (bicyclic) bond motifs is 1. The SMILES string of the molecule is COc1cc(/C=C(\C#N)c2c[nH]c3ccccc23)cc(CO)c1. The minimum atomic E-state index is -0.0764. The Kier molecular flexibility index (Phi) is 4.13. The van der Waals surface area contributed by atoms with Crippen LogP contribution in [0.3, 0.4) is 0 Å². The van der Waals surface area contributed by atoms with Crippen LogP contribution in [-0.2, 0) is 6.61 Å². The van der Waals surface area contributed by atoms with E-state index in [4.69, 9.17) is 4.74 Å². The molecule has 0 radical (unpaired) electrons. The Morgan fingerprint density at radius 1 is 1.30 bits per heavy atom. The van der Waals surface area contributed by atoms with Crippen molar-refractivity contribution < 1.29 is 9.84 Å². The van der Waals surface area contributed by atoms with Crippen molar-refractivity contribution >= 4 is 22.6 Å². The minimum Gasteiger partial charge on any atom is -0.497 e. The Bertz CT molecular complexity index is 894. The van der Waals surface area contributed by atoms with Crippen LogP contribution in [-0.4, -0.2) is 17.2 Å². The number of aliphatic hydroxyl groups excluding tert-OH is 1. The fourth-order valence-corrected chi connectivity index (χ4v) is 2.61. The zero-order chi connectivity index (χ0) is 16.2. The van der Waals surface area contributed by atoms with Gasteiger partial charge in [-0.1, -0.05) is 18.2 Å². The van der Waals surface area contributed by atoms with E-state index in [1.54, 1.807) is 19.3 Å². The van der Waals surface area contributed by atoms with E-state index in [1.165, 1.54) is 0 Å². The number of benzene rings is 2. The predicted molar refractivity (Wildman–Crippen MR) is 90.7 cm³/mol. The van der Waals surface area contributed by atoms with E-state index in [0.717, 1.165) is 27.6 Å². The predicted octanol–water partition coefficient (Wildman–Crippen LogP) is 3.73. The van der Waals surface area contributed by atoms with Crippen LogP contribution in [0.1, 0.15) is 16.7 Å². The molecular formula is C19H16N2O2. The van der Waals surface area contributed by atoms with E-state index in [-0.39, 0.29) is 6.61 Å². The summed E-state index contributed by atoms with van der Waals surface area (Å²) in [5, 5.41) is 19.9. The van der Waals surface area contributed by atoms with Gasteiger partial charge in [-0.05, 0) is 41.5 Å². The second kappa shape index (κ2) is 6.39. The lowest BCUT2D eigenvalue weighted by atomic mass is 10.0. The third-order valence-corrected chi connectivity index (χ3v) is 3.72. The highest BCUT2D eigenvalue weighted by Gasteiger charge is 2.09. The van der Waals surface area contributed by atoms with Crippen molar-refractivity contribution in [1.29, 1.82) is 5.26 Å². The molecule has 0 aliphatic rings. The minimum absolute atomic E-state index is 0.0764. The van der Waals surface area contributed by atoms with Crippen LogP contribution in [0, 0.1) is 11.3 Å². The number of aromatic amines is 1. The maximum Gasteiger partial charge on any atom is 0.119 e. The van der Waals surface area contributed by atoms with E-state index in [9.17, 15) is 10.4 Å². The monoisotopic (exact) mass is 304 g/mol. The summed E-state index contributed by atoms with van der Waals surface area (Å²) in [5.74, 6) is 0.652. The average molecular weight is 304 g/mol. The third kappa shape index (κ3) is 2.96. The summed E-state index contributed by atoms with van der Waals surface area (Å²) in [5.41, 5.74) is 3.96. The molecular weight excluding hydrogens is 288 g/mol. The number of rotatable bonds is 4. The molecule has 2 aromatic carbocycles. The Morgan fingerprint density at radius 2 is 2.13 bits per heavy atom. The van der Waals surface area contributed by atoms with Gasteiger partial charge < -0.3 is 14.8 Å².